The number of halogens is 1. The van der Waals surface area contributed by atoms with Crippen molar-refractivity contribution in [1.29, 1.82) is 0 Å². The van der Waals surface area contributed by atoms with Gasteiger partial charge in [-0.3, -0.25) is 0 Å². The number of nitrogens with zero attached hydrogens (tertiary/aromatic N) is 2. The summed E-state index contributed by atoms with van der Waals surface area (Å²) in [6.45, 7) is 7.09. The molecule has 0 aliphatic carbocycles. The summed E-state index contributed by atoms with van der Waals surface area (Å²) in [6, 6.07) is 6.39. The molecule has 0 radical (unpaired) electrons. The van der Waals surface area contributed by atoms with Crippen molar-refractivity contribution in [3.05, 3.63) is 28.8 Å². The molecule has 2 amide bonds. The van der Waals surface area contributed by atoms with E-state index in [-0.39, 0.29) is 12.1 Å². The van der Waals surface area contributed by atoms with Gasteiger partial charge in [-0.05, 0) is 24.2 Å². The van der Waals surface area contributed by atoms with Gasteiger partial charge in [-0.15, -0.1) is 0 Å². The minimum atomic E-state index is 0.0682. The first-order chi connectivity index (χ1) is 10.2. The van der Waals surface area contributed by atoms with Crippen LogP contribution in [0.15, 0.2) is 18.2 Å². The van der Waals surface area contributed by atoms with E-state index in [1.54, 1.807) is 0 Å². The Kier molecular flexibility index (Phi) is 4.22. The highest BCUT2D eigenvalue weighted by molar-refractivity contribution is 6.30. The van der Waals surface area contributed by atoms with Crippen LogP contribution in [-0.2, 0) is 6.54 Å². The largest absolute Gasteiger partial charge is 0.367 e. The summed E-state index contributed by atoms with van der Waals surface area (Å²) in [5, 5.41) is 7.04. The maximum Gasteiger partial charge on any atom is 0.317 e. The Balaban J connectivity index is 1.80. The number of carbonyl (C=O) groups is 1. The highest BCUT2D eigenvalue weighted by Gasteiger charge is 2.35. The van der Waals surface area contributed by atoms with Gasteiger partial charge in [-0.1, -0.05) is 24.6 Å². The summed E-state index contributed by atoms with van der Waals surface area (Å²) in [7, 11) is 0. The predicted molar refractivity (Wildman–Crippen MR) is 84.9 cm³/mol. The van der Waals surface area contributed by atoms with Crippen LogP contribution < -0.4 is 15.5 Å². The van der Waals surface area contributed by atoms with Crippen LogP contribution in [0, 0.1) is 0 Å². The Morgan fingerprint density at radius 1 is 1.43 bits per heavy atom. The van der Waals surface area contributed by atoms with Crippen LogP contribution in [0.3, 0.4) is 0 Å². The second-order valence-electron chi connectivity index (χ2n) is 5.53. The van der Waals surface area contributed by atoms with Crippen LogP contribution in [0.2, 0.25) is 5.02 Å². The van der Waals surface area contributed by atoms with Gasteiger partial charge < -0.3 is 20.4 Å². The van der Waals surface area contributed by atoms with Crippen LogP contribution >= 0.6 is 11.6 Å². The van der Waals surface area contributed by atoms with Gasteiger partial charge in [0, 0.05) is 43.4 Å². The monoisotopic (exact) mass is 308 g/mol. The number of amides is 2. The Morgan fingerprint density at radius 3 is 3.10 bits per heavy atom. The molecule has 1 aromatic rings. The highest BCUT2D eigenvalue weighted by Crippen LogP contribution is 2.28. The van der Waals surface area contributed by atoms with Gasteiger partial charge in [0.05, 0.1) is 6.04 Å². The molecule has 2 saturated heterocycles. The topological polar surface area (TPSA) is 47.6 Å². The number of hydrogen-bond acceptors (Lipinski definition) is 3. The summed E-state index contributed by atoms with van der Waals surface area (Å²) in [6.07, 6.45) is 0. The van der Waals surface area contributed by atoms with Gasteiger partial charge in [0.1, 0.15) is 0 Å². The Bertz CT molecular complexity index is 536. The predicted octanol–water partition coefficient (Wildman–Crippen LogP) is 1.66. The molecule has 5 nitrogen and oxygen atoms in total. The van der Waals surface area contributed by atoms with Crippen molar-refractivity contribution >= 4 is 23.3 Å². The molecular formula is C15H21ClN4O. The molecule has 1 unspecified atom stereocenters. The molecule has 2 aliphatic heterocycles. The summed E-state index contributed by atoms with van der Waals surface area (Å²) in [5.74, 6) is 0. The van der Waals surface area contributed by atoms with E-state index in [1.807, 2.05) is 17.0 Å². The summed E-state index contributed by atoms with van der Waals surface area (Å²) in [4.78, 5) is 16.0. The second-order valence-corrected chi connectivity index (χ2v) is 5.97. The molecule has 2 heterocycles. The first-order valence-electron chi connectivity index (χ1n) is 7.47. The summed E-state index contributed by atoms with van der Waals surface area (Å²) < 4.78 is 0. The lowest BCUT2D eigenvalue weighted by Crippen LogP contribution is -2.52. The first kappa shape index (κ1) is 14.5. The van der Waals surface area contributed by atoms with Crippen molar-refractivity contribution in [3.8, 4) is 0 Å². The van der Waals surface area contributed by atoms with Crippen LogP contribution in [0.25, 0.3) is 0 Å². The lowest BCUT2D eigenvalue weighted by molar-refractivity contribution is 0.197. The van der Waals surface area contributed by atoms with Gasteiger partial charge in [0.15, 0.2) is 0 Å². The maximum atomic E-state index is 11.7. The number of rotatable bonds is 4. The van der Waals surface area contributed by atoms with Gasteiger partial charge in [0.25, 0.3) is 0 Å². The van der Waals surface area contributed by atoms with Gasteiger partial charge in [-0.2, -0.15) is 0 Å². The van der Waals surface area contributed by atoms with E-state index in [4.69, 9.17) is 11.6 Å². The lowest BCUT2D eigenvalue weighted by Gasteiger charge is -2.38. The Morgan fingerprint density at radius 2 is 2.29 bits per heavy atom. The number of anilines is 1. The van der Waals surface area contributed by atoms with E-state index >= 15 is 0 Å². The number of carbonyl (C=O) groups excluding carboxylic acids is 1. The smallest absolute Gasteiger partial charge is 0.317 e. The fourth-order valence-corrected chi connectivity index (χ4v) is 3.23. The molecule has 21 heavy (non-hydrogen) atoms. The zero-order chi connectivity index (χ0) is 14.8. The molecule has 0 bridgehead atoms. The number of piperazine rings is 1. The molecule has 0 spiro atoms. The van der Waals surface area contributed by atoms with Crippen molar-refractivity contribution in [2.75, 3.05) is 37.6 Å². The van der Waals surface area contributed by atoms with E-state index in [0.717, 1.165) is 44.3 Å². The van der Waals surface area contributed by atoms with Crippen molar-refractivity contribution in [1.82, 2.24) is 15.5 Å². The molecule has 0 aromatic heterocycles. The highest BCUT2D eigenvalue weighted by atomic mass is 35.5. The minimum Gasteiger partial charge on any atom is -0.367 e. The van der Waals surface area contributed by atoms with Crippen LogP contribution in [0.1, 0.15) is 12.5 Å². The van der Waals surface area contributed by atoms with Gasteiger partial charge in [0.2, 0.25) is 0 Å². The quantitative estimate of drug-likeness (QED) is 0.889. The van der Waals surface area contributed by atoms with Crippen molar-refractivity contribution in [2.45, 2.75) is 19.5 Å². The molecule has 6 heteroatoms. The molecule has 0 saturated carbocycles. The molecule has 2 N–H and O–H groups in total. The normalized spacial score (nSPS) is 21.4. The lowest BCUT2D eigenvalue weighted by atomic mass is 10.1. The fraction of sp³-hybridized carbons (Fsp3) is 0.533. The fourth-order valence-electron chi connectivity index (χ4n) is 3.06. The van der Waals surface area contributed by atoms with E-state index < -0.39 is 0 Å². The molecule has 3 rings (SSSR count). The molecular weight excluding hydrogens is 288 g/mol. The third kappa shape index (κ3) is 2.94. The van der Waals surface area contributed by atoms with E-state index in [2.05, 4.69) is 28.5 Å². The number of urea groups is 1. The van der Waals surface area contributed by atoms with Gasteiger partial charge >= 0.3 is 6.03 Å². The Hall–Kier alpha value is -1.46. The molecule has 114 valence electrons. The average molecular weight is 309 g/mol. The maximum absolute atomic E-state index is 11.7. The van der Waals surface area contributed by atoms with Crippen LogP contribution in [-0.4, -0.2) is 49.7 Å². The van der Waals surface area contributed by atoms with Crippen LogP contribution in [0.5, 0.6) is 0 Å². The zero-order valence-electron chi connectivity index (χ0n) is 12.2. The summed E-state index contributed by atoms with van der Waals surface area (Å²) >= 11 is 6.18. The average Bonchev–Trinajstić information content (AvgIpc) is 2.87. The van der Waals surface area contributed by atoms with Crippen molar-refractivity contribution < 1.29 is 4.79 Å². The van der Waals surface area contributed by atoms with E-state index in [0.29, 0.717) is 0 Å². The van der Waals surface area contributed by atoms with Crippen molar-refractivity contribution in [3.63, 3.8) is 0 Å². The number of nitrogens with one attached hydrogen (secondary N) is 2. The van der Waals surface area contributed by atoms with E-state index in [9.17, 15) is 4.79 Å². The molecule has 2 aliphatic rings. The molecule has 2 fully saturated rings. The number of hydrogen-bond donors (Lipinski definition) is 2. The number of benzene rings is 1. The number of fused-ring (bicyclic) bond motifs is 1. The molecule has 1 atom stereocenters. The minimum absolute atomic E-state index is 0.0682. The Labute approximate surface area is 130 Å². The first-order valence-corrected chi connectivity index (χ1v) is 7.85. The zero-order valence-corrected chi connectivity index (χ0v) is 13.0. The van der Waals surface area contributed by atoms with Crippen molar-refractivity contribution in [2.24, 2.45) is 0 Å². The second kappa shape index (κ2) is 6.12. The third-order valence-corrected chi connectivity index (χ3v) is 4.42. The molecule has 1 aromatic carbocycles. The van der Waals surface area contributed by atoms with Crippen LogP contribution in [0.4, 0.5) is 10.5 Å². The standard InChI is InChI=1S/C15H21ClN4O/c1-2-17-8-11-3-4-12(16)7-14(11)19-5-6-20-13(10-19)9-18-15(20)21/h3-4,7,13,17H,2,5-6,8-10H2,1H3,(H,18,21). The van der Waals surface area contributed by atoms with Gasteiger partial charge in [-0.25, -0.2) is 4.79 Å². The summed E-state index contributed by atoms with van der Waals surface area (Å²) in [5.41, 5.74) is 2.44. The third-order valence-electron chi connectivity index (χ3n) is 4.19. The SMILES string of the molecule is CCNCc1ccc(Cl)cc1N1CCN2C(=O)NCC2C1. The van der Waals surface area contributed by atoms with E-state index in [1.165, 1.54) is 11.3 Å².